The highest BCUT2D eigenvalue weighted by Gasteiger charge is 2.13. The lowest BCUT2D eigenvalue weighted by Gasteiger charge is -2.32. The fraction of sp³-hybridized carbons (Fsp3) is 0.500. The van der Waals surface area contributed by atoms with Crippen molar-refractivity contribution in [1.82, 2.24) is 0 Å². The predicted molar refractivity (Wildman–Crippen MR) is 76.6 cm³/mol. The first-order valence-electron chi connectivity index (χ1n) is 5.96. The maximum absolute atomic E-state index is 2.68. The average molecular weight is 237 g/mol. The van der Waals surface area contributed by atoms with Crippen LogP contribution in [0.15, 0.2) is 30.3 Å². The highest BCUT2D eigenvalue weighted by atomic mass is 28.3. The molecule has 0 aliphatic carbocycles. The van der Waals surface area contributed by atoms with Crippen molar-refractivity contribution in [3.63, 3.8) is 0 Å². The molecule has 0 radical (unpaired) electrons. The molecular formula is C12H23NSi2. The van der Waals surface area contributed by atoms with E-state index in [-0.39, 0.29) is 9.68 Å². The molecule has 0 aromatic heterocycles. The van der Waals surface area contributed by atoms with Gasteiger partial charge in [-0.15, -0.1) is 0 Å². The fourth-order valence-electron chi connectivity index (χ4n) is 1.77. The molecule has 1 nitrogen and oxygen atoms in total. The second-order valence-corrected chi connectivity index (χ2v) is 10.9. The van der Waals surface area contributed by atoms with E-state index in [1.165, 1.54) is 22.4 Å². The lowest BCUT2D eigenvalue weighted by Crippen LogP contribution is -2.37. The average Bonchev–Trinajstić information content (AvgIpc) is 2.26. The molecule has 2 unspecified atom stereocenters. The number of anilines is 1. The van der Waals surface area contributed by atoms with Crippen LogP contribution in [0.2, 0.25) is 5.16 Å². The van der Waals surface area contributed by atoms with Crippen molar-refractivity contribution in [2.24, 2.45) is 0 Å². The highest BCUT2D eigenvalue weighted by Crippen LogP contribution is 2.18. The molecule has 0 saturated heterocycles. The molecule has 0 aliphatic rings. The Hall–Kier alpha value is -0.546. The fourth-order valence-corrected chi connectivity index (χ4v) is 4.78. The molecule has 0 spiro atoms. The van der Waals surface area contributed by atoms with E-state index in [9.17, 15) is 0 Å². The normalized spacial score (nSPS) is 15.7. The Balaban J connectivity index is 2.81. The molecule has 0 aliphatic heterocycles. The lowest BCUT2D eigenvalue weighted by molar-refractivity contribution is 0.708. The van der Waals surface area contributed by atoms with Crippen LogP contribution in [0.1, 0.15) is 27.2 Å². The maximum Gasteiger partial charge on any atom is 0.124 e. The van der Waals surface area contributed by atoms with Gasteiger partial charge in [-0.3, -0.25) is 0 Å². The summed E-state index contributed by atoms with van der Waals surface area (Å²) in [6.07, 6.45) is 1.25. The minimum Gasteiger partial charge on any atom is -0.401 e. The van der Waals surface area contributed by atoms with Gasteiger partial charge in [0.15, 0.2) is 0 Å². The van der Waals surface area contributed by atoms with E-state index in [4.69, 9.17) is 0 Å². The maximum atomic E-state index is 2.68. The van der Waals surface area contributed by atoms with E-state index in [0.717, 1.165) is 5.16 Å². The third-order valence-corrected chi connectivity index (χ3v) is 5.98. The number of benzene rings is 1. The number of rotatable bonds is 5. The Kier molecular flexibility index (Phi) is 5.12. The Bertz CT molecular complexity index is 274. The van der Waals surface area contributed by atoms with E-state index in [0.29, 0.717) is 6.04 Å². The zero-order chi connectivity index (χ0) is 11.3. The van der Waals surface area contributed by atoms with Gasteiger partial charge in [-0.1, -0.05) is 32.0 Å². The summed E-state index contributed by atoms with van der Waals surface area (Å²) in [7, 11) is 1.23. The van der Waals surface area contributed by atoms with E-state index >= 15 is 0 Å². The number of hydrogen-bond donors (Lipinski definition) is 0. The molecule has 0 heterocycles. The van der Waals surface area contributed by atoms with E-state index in [1.54, 1.807) is 0 Å². The van der Waals surface area contributed by atoms with Crippen LogP contribution in [0.25, 0.3) is 0 Å². The minimum absolute atomic E-state index is 0.102. The smallest absolute Gasteiger partial charge is 0.124 e. The first kappa shape index (κ1) is 12.5. The Morgan fingerprint density at radius 2 is 1.87 bits per heavy atom. The minimum atomic E-state index is -0.102. The van der Waals surface area contributed by atoms with Gasteiger partial charge < -0.3 is 4.57 Å². The Morgan fingerprint density at radius 3 is 2.33 bits per heavy atom. The van der Waals surface area contributed by atoms with Crippen LogP contribution in [0.5, 0.6) is 0 Å². The van der Waals surface area contributed by atoms with Gasteiger partial charge in [-0.25, -0.2) is 0 Å². The largest absolute Gasteiger partial charge is 0.401 e. The number of hydrogen-bond acceptors (Lipinski definition) is 1. The molecular weight excluding hydrogens is 214 g/mol. The molecule has 1 rings (SSSR count). The lowest BCUT2D eigenvalue weighted by atomic mass is 10.2. The monoisotopic (exact) mass is 237 g/mol. The summed E-state index contributed by atoms with van der Waals surface area (Å²) in [5, 5.41) is 0.985. The van der Waals surface area contributed by atoms with Crippen LogP contribution in [-0.4, -0.2) is 26.0 Å². The standard InChI is InChI=1S/C12H23NSi2/c1-4-10(2)13(15-11(3)14)12-8-6-5-7-9-12/h5-11H,4,15H2,1-3,14H3. The summed E-state index contributed by atoms with van der Waals surface area (Å²) in [5.41, 5.74) is 1.43. The Morgan fingerprint density at radius 1 is 1.27 bits per heavy atom. The molecule has 2 atom stereocenters. The molecule has 0 N–H and O–H groups in total. The first-order chi connectivity index (χ1) is 7.15. The van der Waals surface area contributed by atoms with Crippen molar-refractivity contribution in [2.75, 3.05) is 4.57 Å². The van der Waals surface area contributed by atoms with Gasteiger partial charge in [0.1, 0.15) is 9.68 Å². The molecule has 1 aromatic carbocycles. The summed E-state index contributed by atoms with van der Waals surface area (Å²) < 4.78 is 2.68. The van der Waals surface area contributed by atoms with Gasteiger partial charge in [0.25, 0.3) is 0 Å². The zero-order valence-corrected chi connectivity index (χ0v) is 13.8. The third kappa shape index (κ3) is 3.83. The molecule has 1 aromatic rings. The van der Waals surface area contributed by atoms with Gasteiger partial charge in [-0.2, -0.15) is 0 Å². The number of nitrogens with zero attached hydrogens (tertiary/aromatic N) is 1. The molecule has 0 amide bonds. The predicted octanol–water partition coefficient (Wildman–Crippen LogP) is 1.51. The number of para-hydroxylation sites is 1. The SMILES string of the molecule is CCC(C)N([SiH2]C(C)[SiH3])c1ccccc1. The summed E-state index contributed by atoms with van der Waals surface area (Å²) in [5.74, 6) is 0. The molecule has 15 heavy (non-hydrogen) atoms. The second kappa shape index (κ2) is 6.13. The zero-order valence-electron chi connectivity index (χ0n) is 10.4. The molecule has 0 bridgehead atoms. The topological polar surface area (TPSA) is 3.24 Å². The summed E-state index contributed by atoms with van der Waals surface area (Å²) in [6.45, 7) is 7.04. The van der Waals surface area contributed by atoms with Crippen LogP contribution >= 0.6 is 0 Å². The van der Waals surface area contributed by atoms with Crippen LogP contribution < -0.4 is 4.57 Å². The summed E-state index contributed by atoms with van der Waals surface area (Å²) in [6, 6.07) is 11.6. The van der Waals surface area contributed by atoms with Crippen molar-refractivity contribution in [1.29, 1.82) is 0 Å². The van der Waals surface area contributed by atoms with Gasteiger partial charge in [0, 0.05) is 22.0 Å². The van der Waals surface area contributed by atoms with Gasteiger partial charge in [0.2, 0.25) is 0 Å². The van der Waals surface area contributed by atoms with Crippen molar-refractivity contribution >= 4 is 25.6 Å². The first-order valence-corrected chi connectivity index (χ1v) is 8.57. The third-order valence-electron chi connectivity index (χ3n) is 2.77. The molecule has 0 fully saturated rings. The van der Waals surface area contributed by atoms with Crippen molar-refractivity contribution < 1.29 is 0 Å². The molecule has 84 valence electrons. The Labute approximate surface area is 99.2 Å². The molecule has 3 heteroatoms. The molecule has 0 saturated carbocycles. The van der Waals surface area contributed by atoms with Gasteiger partial charge in [0.05, 0.1) is 0 Å². The van der Waals surface area contributed by atoms with E-state index < -0.39 is 0 Å². The van der Waals surface area contributed by atoms with Crippen molar-refractivity contribution in [3.8, 4) is 0 Å². The van der Waals surface area contributed by atoms with Crippen LogP contribution in [0.3, 0.4) is 0 Å². The van der Waals surface area contributed by atoms with E-state index in [1.807, 2.05) is 0 Å². The van der Waals surface area contributed by atoms with Gasteiger partial charge >= 0.3 is 0 Å². The van der Waals surface area contributed by atoms with Gasteiger partial charge in [-0.05, 0) is 30.6 Å². The van der Waals surface area contributed by atoms with Crippen molar-refractivity contribution in [3.05, 3.63) is 30.3 Å². The quantitative estimate of drug-likeness (QED) is 0.702. The van der Waals surface area contributed by atoms with Crippen molar-refractivity contribution in [2.45, 2.75) is 38.4 Å². The van der Waals surface area contributed by atoms with Crippen LogP contribution in [-0.2, 0) is 0 Å². The highest BCUT2D eigenvalue weighted by molar-refractivity contribution is 6.53. The summed E-state index contributed by atoms with van der Waals surface area (Å²) in [4.78, 5) is 0. The van der Waals surface area contributed by atoms with E-state index in [2.05, 4.69) is 55.7 Å². The summed E-state index contributed by atoms with van der Waals surface area (Å²) >= 11 is 0. The second-order valence-electron chi connectivity index (χ2n) is 4.64. The van der Waals surface area contributed by atoms with Crippen LogP contribution in [0.4, 0.5) is 5.69 Å². The van der Waals surface area contributed by atoms with Crippen LogP contribution in [0, 0.1) is 0 Å².